The molecule has 2 aromatic rings. The second-order valence-corrected chi connectivity index (χ2v) is 4.63. The molecule has 1 unspecified atom stereocenters. The highest BCUT2D eigenvalue weighted by Gasteiger charge is 2.08. The standard InChI is InChI=1S/C12H14FN3O2S/c1-8-2-3-11(10(13)4-8)14-5-9(17)7-18-12-6-15-19-16-12/h2-4,6,9,14,17H,5,7H2,1H3. The van der Waals surface area contributed by atoms with E-state index in [1.165, 1.54) is 12.3 Å². The van der Waals surface area contributed by atoms with Gasteiger partial charge in [0.25, 0.3) is 0 Å². The van der Waals surface area contributed by atoms with Gasteiger partial charge in [-0.1, -0.05) is 6.07 Å². The largest absolute Gasteiger partial charge is 0.473 e. The van der Waals surface area contributed by atoms with Crippen LogP contribution >= 0.6 is 11.7 Å². The van der Waals surface area contributed by atoms with E-state index in [2.05, 4.69) is 14.1 Å². The summed E-state index contributed by atoms with van der Waals surface area (Å²) in [7, 11) is 0. The molecular formula is C12H14FN3O2S. The van der Waals surface area contributed by atoms with Crippen LogP contribution in [0.15, 0.2) is 24.4 Å². The number of nitrogens with one attached hydrogen (secondary N) is 1. The highest BCUT2D eigenvalue weighted by Crippen LogP contribution is 2.15. The van der Waals surface area contributed by atoms with Crippen molar-refractivity contribution < 1.29 is 14.2 Å². The van der Waals surface area contributed by atoms with Crippen molar-refractivity contribution >= 4 is 17.4 Å². The van der Waals surface area contributed by atoms with Crippen molar-refractivity contribution in [1.82, 2.24) is 8.75 Å². The van der Waals surface area contributed by atoms with Crippen LogP contribution in [0.25, 0.3) is 0 Å². The first-order chi connectivity index (χ1) is 9.15. The molecule has 0 fully saturated rings. The number of hydrogen-bond donors (Lipinski definition) is 2. The first-order valence-corrected chi connectivity index (χ1v) is 6.46. The van der Waals surface area contributed by atoms with E-state index in [1.807, 2.05) is 6.92 Å². The molecule has 19 heavy (non-hydrogen) atoms. The Labute approximate surface area is 114 Å². The molecule has 0 amide bonds. The summed E-state index contributed by atoms with van der Waals surface area (Å²) in [6.45, 7) is 2.08. The molecule has 1 aromatic carbocycles. The number of nitrogens with zero attached hydrogens (tertiary/aromatic N) is 2. The first-order valence-electron chi connectivity index (χ1n) is 5.73. The number of aliphatic hydroxyl groups is 1. The molecule has 0 saturated carbocycles. The van der Waals surface area contributed by atoms with Gasteiger partial charge in [0, 0.05) is 6.54 Å². The summed E-state index contributed by atoms with van der Waals surface area (Å²) in [6, 6.07) is 4.88. The third-order valence-electron chi connectivity index (χ3n) is 2.42. The Hall–Kier alpha value is -1.73. The zero-order chi connectivity index (χ0) is 13.7. The van der Waals surface area contributed by atoms with E-state index < -0.39 is 6.10 Å². The van der Waals surface area contributed by atoms with E-state index in [0.717, 1.165) is 17.3 Å². The lowest BCUT2D eigenvalue weighted by Crippen LogP contribution is -2.26. The van der Waals surface area contributed by atoms with Crippen molar-refractivity contribution in [3.63, 3.8) is 0 Å². The lowest BCUT2D eigenvalue weighted by atomic mass is 10.2. The van der Waals surface area contributed by atoms with Gasteiger partial charge in [0.2, 0.25) is 5.88 Å². The van der Waals surface area contributed by atoms with Gasteiger partial charge in [0.1, 0.15) is 24.7 Å². The van der Waals surface area contributed by atoms with Gasteiger partial charge in [-0.3, -0.25) is 0 Å². The maximum Gasteiger partial charge on any atom is 0.245 e. The number of rotatable bonds is 6. The van der Waals surface area contributed by atoms with E-state index in [4.69, 9.17) is 4.74 Å². The Morgan fingerprint density at radius 1 is 1.53 bits per heavy atom. The van der Waals surface area contributed by atoms with E-state index in [-0.39, 0.29) is 19.0 Å². The molecule has 7 heteroatoms. The topological polar surface area (TPSA) is 67.3 Å². The van der Waals surface area contributed by atoms with Crippen molar-refractivity contribution in [2.24, 2.45) is 0 Å². The van der Waals surface area contributed by atoms with Gasteiger partial charge < -0.3 is 15.2 Å². The number of hydrogen-bond acceptors (Lipinski definition) is 6. The number of aliphatic hydroxyl groups excluding tert-OH is 1. The van der Waals surface area contributed by atoms with Crippen molar-refractivity contribution in [3.05, 3.63) is 35.8 Å². The summed E-state index contributed by atoms with van der Waals surface area (Å²) in [5.74, 6) is 0.0439. The molecule has 0 radical (unpaired) electrons. The van der Waals surface area contributed by atoms with Crippen molar-refractivity contribution in [3.8, 4) is 5.88 Å². The Morgan fingerprint density at radius 3 is 3.05 bits per heavy atom. The summed E-state index contributed by atoms with van der Waals surface area (Å²) in [5, 5.41) is 12.5. The molecule has 1 aromatic heterocycles. The molecule has 1 atom stereocenters. The van der Waals surface area contributed by atoms with Gasteiger partial charge in [-0.05, 0) is 24.6 Å². The molecule has 0 aliphatic heterocycles. The number of anilines is 1. The molecule has 0 saturated heterocycles. The minimum Gasteiger partial charge on any atom is -0.473 e. The van der Waals surface area contributed by atoms with Crippen LogP contribution in [0.3, 0.4) is 0 Å². The van der Waals surface area contributed by atoms with Gasteiger partial charge in [0.05, 0.1) is 17.4 Å². The Bertz CT molecular complexity index is 522. The van der Waals surface area contributed by atoms with Gasteiger partial charge in [-0.2, -0.15) is 4.37 Å². The summed E-state index contributed by atoms with van der Waals surface area (Å²) in [5.41, 5.74) is 1.21. The number of aromatic nitrogens is 2. The normalized spacial score (nSPS) is 12.2. The summed E-state index contributed by atoms with van der Waals surface area (Å²) >= 11 is 1.03. The van der Waals surface area contributed by atoms with E-state index in [0.29, 0.717) is 11.6 Å². The number of benzene rings is 1. The summed E-state index contributed by atoms with van der Waals surface area (Å²) in [6.07, 6.45) is 0.715. The minimum atomic E-state index is -0.762. The molecule has 5 nitrogen and oxygen atoms in total. The van der Waals surface area contributed by atoms with Crippen LogP contribution in [0.2, 0.25) is 0 Å². The molecule has 0 spiro atoms. The Balaban J connectivity index is 1.78. The average Bonchev–Trinajstić information content (AvgIpc) is 2.88. The van der Waals surface area contributed by atoms with Crippen molar-refractivity contribution in [2.75, 3.05) is 18.5 Å². The van der Waals surface area contributed by atoms with Crippen LogP contribution in [-0.2, 0) is 0 Å². The monoisotopic (exact) mass is 283 g/mol. The smallest absolute Gasteiger partial charge is 0.245 e. The highest BCUT2D eigenvalue weighted by molar-refractivity contribution is 6.99. The van der Waals surface area contributed by atoms with Crippen molar-refractivity contribution in [2.45, 2.75) is 13.0 Å². The summed E-state index contributed by atoms with van der Waals surface area (Å²) < 4.78 is 26.3. The fourth-order valence-electron chi connectivity index (χ4n) is 1.45. The molecule has 102 valence electrons. The molecule has 2 rings (SSSR count). The van der Waals surface area contributed by atoms with Crippen LogP contribution in [0, 0.1) is 12.7 Å². The molecule has 0 aliphatic rings. The van der Waals surface area contributed by atoms with Gasteiger partial charge in [0.15, 0.2) is 0 Å². The van der Waals surface area contributed by atoms with Crippen molar-refractivity contribution in [1.29, 1.82) is 0 Å². The van der Waals surface area contributed by atoms with Gasteiger partial charge in [-0.15, -0.1) is 4.37 Å². The van der Waals surface area contributed by atoms with Crippen LogP contribution in [0.5, 0.6) is 5.88 Å². The Morgan fingerprint density at radius 2 is 2.37 bits per heavy atom. The third-order valence-corrected chi connectivity index (χ3v) is 2.88. The molecular weight excluding hydrogens is 269 g/mol. The maximum absolute atomic E-state index is 13.5. The lowest BCUT2D eigenvalue weighted by molar-refractivity contribution is 0.115. The van der Waals surface area contributed by atoms with Gasteiger partial charge in [-0.25, -0.2) is 4.39 Å². The summed E-state index contributed by atoms with van der Waals surface area (Å²) in [4.78, 5) is 0. The molecule has 2 N–H and O–H groups in total. The maximum atomic E-state index is 13.5. The highest BCUT2D eigenvalue weighted by atomic mass is 32.1. The molecule has 1 heterocycles. The fraction of sp³-hybridized carbons (Fsp3) is 0.333. The lowest BCUT2D eigenvalue weighted by Gasteiger charge is -2.13. The van der Waals surface area contributed by atoms with E-state index in [1.54, 1.807) is 12.1 Å². The van der Waals surface area contributed by atoms with Crippen LogP contribution in [-0.4, -0.2) is 33.1 Å². The second-order valence-electron chi connectivity index (χ2n) is 4.07. The molecule has 0 bridgehead atoms. The predicted molar refractivity (Wildman–Crippen MR) is 71.0 cm³/mol. The second kappa shape index (κ2) is 6.44. The number of halogens is 1. The minimum absolute atomic E-state index is 0.0753. The number of ether oxygens (including phenoxy) is 1. The number of aryl methyl sites for hydroxylation is 1. The Kier molecular flexibility index (Phi) is 4.64. The first kappa shape index (κ1) is 13.7. The average molecular weight is 283 g/mol. The SMILES string of the molecule is Cc1ccc(NCC(O)COc2cnsn2)c(F)c1. The third kappa shape index (κ3) is 4.15. The van der Waals surface area contributed by atoms with Gasteiger partial charge >= 0.3 is 0 Å². The zero-order valence-corrected chi connectivity index (χ0v) is 11.2. The quantitative estimate of drug-likeness (QED) is 0.846. The molecule has 0 aliphatic carbocycles. The van der Waals surface area contributed by atoms with E-state index in [9.17, 15) is 9.50 Å². The predicted octanol–water partition coefficient (Wildman–Crippen LogP) is 1.84. The van der Waals surface area contributed by atoms with E-state index >= 15 is 0 Å². The van der Waals surface area contributed by atoms with Crippen LogP contribution < -0.4 is 10.1 Å². The fourth-order valence-corrected chi connectivity index (χ4v) is 1.82. The zero-order valence-electron chi connectivity index (χ0n) is 10.3. The van der Waals surface area contributed by atoms with Crippen LogP contribution in [0.4, 0.5) is 10.1 Å². The van der Waals surface area contributed by atoms with Crippen LogP contribution in [0.1, 0.15) is 5.56 Å².